The van der Waals surface area contributed by atoms with E-state index in [1.54, 1.807) is 30.3 Å². The third kappa shape index (κ3) is 12.4. The van der Waals surface area contributed by atoms with Gasteiger partial charge in [-0.05, 0) is 84.3 Å². The van der Waals surface area contributed by atoms with Crippen molar-refractivity contribution in [2.24, 2.45) is 20.5 Å². The van der Waals surface area contributed by atoms with Crippen molar-refractivity contribution in [1.82, 2.24) is 4.98 Å². The van der Waals surface area contributed by atoms with Gasteiger partial charge >= 0.3 is 5.97 Å². The van der Waals surface area contributed by atoms with Crippen LogP contribution in [0.4, 0.5) is 44.4 Å². The molecule has 0 spiro atoms. The minimum absolute atomic E-state index is 0.0202. The fourth-order valence-corrected chi connectivity index (χ4v) is 9.76. The van der Waals surface area contributed by atoms with Gasteiger partial charge in [-0.25, -0.2) is 9.78 Å². The number of carbonyl (C=O) groups is 1. The summed E-state index contributed by atoms with van der Waals surface area (Å²) in [5.41, 5.74) is 0.899. The van der Waals surface area contributed by atoms with Gasteiger partial charge in [-0.3, -0.25) is 17.5 Å². The Bertz CT molecular complexity index is 3420. The first-order valence-electron chi connectivity index (χ1n) is 19.0. The molecule has 0 aliphatic rings. The Morgan fingerprint density at radius 2 is 1.19 bits per heavy atom. The highest BCUT2D eigenvalue weighted by atomic mass is 32.2. The van der Waals surface area contributed by atoms with E-state index >= 15 is 0 Å². The summed E-state index contributed by atoms with van der Waals surface area (Å²) in [6.45, 7) is 1.53. The van der Waals surface area contributed by atoms with Gasteiger partial charge in [-0.2, -0.15) is 38.9 Å². The van der Waals surface area contributed by atoms with Crippen molar-refractivity contribution in [1.29, 1.82) is 5.26 Å². The van der Waals surface area contributed by atoms with E-state index in [4.69, 9.17) is 4.74 Å². The number of hydrogen-bond acceptors (Lipinski definition) is 21. The Morgan fingerprint density at radius 3 is 1.66 bits per heavy atom. The van der Waals surface area contributed by atoms with Crippen molar-refractivity contribution in [3.05, 3.63) is 125 Å². The highest BCUT2D eigenvalue weighted by molar-refractivity contribution is 7.87. The van der Waals surface area contributed by atoms with E-state index in [2.05, 4.69) is 50.5 Å². The molecule has 0 aliphatic carbocycles. The Morgan fingerprint density at radius 1 is 0.691 bits per heavy atom. The SMILES string of the molecule is COC(=O)c1c(N=Nc2c(Nc3ccc(S(=O)(=O)OC)cc3)nc(Nc3ccc(S(=O)(=O)OC)cc3)c(C#N)c2C)sc(N=Nc2cc(CS(=O)(=O)O)cc(CS(=O)(=O)O)c2)c1-c1ccccc1. The van der Waals surface area contributed by atoms with Gasteiger partial charge in [0.05, 0.1) is 42.4 Å². The molecule has 4 N–H and O–H groups in total. The summed E-state index contributed by atoms with van der Waals surface area (Å²) in [5.74, 6) is -2.80. The molecule has 0 saturated carbocycles. The number of benzene rings is 4. The number of nitriles is 1. The average molecular weight is 1030 g/mol. The summed E-state index contributed by atoms with van der Waals surface area (Å²) in [6, 6.07) is 24.8. The van der Waals surface area contributed by atoms with Gasteiger partial charge in [0.1, 0.15) is 33.8 Å². The van der Waals surface area contributed by atoms with Crippen LogP contribution in [0.15, 0.2) is 127 Å². The minimum Gasteiger partial charge on any atom is -0.465 e. The number of pyridine rings is 1. The van der Waals surface area contributed by atoms with Crippen molar-refractivity contribution < 1.29 is 60.7 Å². The zero-order chi connectivity index (χ0) is 49.6. The molecule has 22 nitrogen and oxygen atoms in total. The number of anilines is 4. The zero-order valence-corrected chi connectivity index (χ0v) is 39.8. The normalized spacial score (nSPS) is 12.3. The fourth-order valence-electron chi connectivity index (χ4n) is 6.31. The van der Waals surface area contributed by atoms with Crippen molar-refractivity contribution in [3.63, 3.8) is 0 Å². The van der Waals surface area contributed by atoms with Crippen molar-refractivity contribution in [2.45, 2.75) is 28.2 Å². The molecular weight excluding hydrogens is 989 g/mol. The Balaban J connectivity index is 1.52. The molecule has 0 aliphatic heterocycles. The summed E-state index contributed by atoms with van der Waals surface area (Å²) in [5, 5.41) is 33.9. The number of thiophene rings is 1. The van der Waals surface area contributed by atoms with Crippen LogP contribution in [0.3, 0.4) is 0 Å². The lowest BCUT2D eigenvalue weighted by Crippen LogP contribution is -2.06. The lowest BCUT2D eigenvalue weighted by molar-refractivity contribution is 0.0603. The number of esters is 1. The first kappa shape index (κ1) is 50.5. The second-order valence-electron chi connectivity index (χ2n) is 14.0. The molecule has 2 heterocycles. The number of nitrogens with zero attached hydrogens (tertiary/aromatic N) is 6. The molecule has 6 rings (SSSR count). The Labute approximate surface area is 393 Å². The number of methoxy groups -OCH3 is 1. The van der Waals surface area contributed by atoms with Crippen molar-refractivity contribution >= 4 is 102 Å². The predicted octanol–water partition coefficient (Wildman–Crippen LogP) is 8.54. The van der Waals surface area contributed by atoms with Crippen LogP contribution in [0.5, 0.6) is 0 Å². The standard InChI is InChI=1S/C41H36N8O14S5/c1-24-33(21-42)37(43-28-10-14-31(15-11-28)67(57,58)62-3)45-38(44-29-12-16-32(17-13-29)68(59,60)63-4)36(24)47-49-40-35(41(50)61-2)34(27-8-6-5-7-9-27)39(64-40)48-46-30-19-25(22-65(51,52)53)18-26(20-30)23-66(54,55)56/h5-20H,22-23H2,1-4H3,(H2,43,44,45)(H,51,52,53)(H,54,55,56). The highest BCUT2D eigenvalue weighted by Gasteiger charge is 2.28. The van der Waals surface area contributed by atoms with Gasteiger partial charge in [-0.15, -0.1) is 20.5 Å². The maximum absolute atomic E-state index is 13.7. The lowest BCUT2D eigenvalue weighted by Gasteiger charge is -2.16. The van der Waals surface area contributed by atoms with E-state index < -0.39 is 57.9 Å². The van der Waals surface area contributed by atoms with Crippen LogP contribution in [-0.4, -0.2) is 75.1 Å². The molecule has 2 aromatic heterocycles. The van der Waals surface area contributed by atoms with Crippen molar-refractivity contribution in [3.8, 4) is 17.2 Å². The maximum atomic E-state index is 13.7. The topological polar surface area (TPSA) is 332 Å². The van der Waals surface area contributed by atoms with Crippen molar-refractivity contribution in [2.75, 3.05) is 32.0 Å². The number of rotatable bonds is 18. The molecule has 27 heteroatoms. The monoisotopic (exact) mass is 1020 g/mol. The molecule has 354 valence electrons. The number of carbonyl (C=O) groups excluding carboxylic acids is 1. The molecular formula is C41H36N8O14S5. The van der Waals surface area contributed by atoms with E-state index in [-0.39, 0.29) is 81.9 Å². The first-order valence-corrected chi connectivity index (χ1v) is 25.9. The third-order valence-corrected chi connectivity index (χ3v) is 14.3. The smallest absolute Gasteiger partial charge is 0.341 e. The van der Waals surface area contributed by atoms with Crippen LogP contribution in [-0.2, 0) is 65.1 Å². The third-order valence-electron chi connectivity index (χ3n) is 9.33. The summed E-state index contributed by atoms with van der Waals surface area (Å²) in [7, 11) is -14.1. The molecule has 68 heavy (non-hydrogen) atoms. The summed E-state index contributed by atoms with van der Waals surface area (Å²) in [6.07, 6.45) is 0. The Kier molecular flexibility index (Phi) is 15.3. The summed E-state index contributed by atoms with van der Waals surface area (Å²) in [4.78, 5) is 18.0. The number of aromatic nitrogens is 1. The quantitative estimate of drug-likeness (QED) is 0.0271. The second-order valence-corrected chi connectivity index (χ2v) is 21.3. The molecule has 0 amide bonds. The largest absolute Gasteiger partial charge is 0.465 e. The van der Waals surface area contributed by atoms with E-state index in [0.29, 0.717) is 11.3 Å². The summed E-state index contributed by atoms with van der Waals surface area (Å²) >= 11 is 0.800. The van der Waals surface area contributed by atoms with E-state index in [0.717, 1.165) is 38.7 Å². The molecule has 0 bridgehead atoms. The van der Waals surface area contributed by atoms with Gasteiger partial charge in [0.25, 0.3) is 40.5 Å². The number of azo groups is 2. The predicted molar refractivity (Wildman–Crippen MR) is 248 cm³/mol. The van der Waals surface area contributed by atoms with Crippen LogP contribution in [0.2, 0.25) is 0 Å². The van der Waals surface area contributed by atoms with Crippen LogP contribution in [0.1, 0.15) is 32.6 Å². The van der Waals surface area contributed by atoms with Crippen LogP contribution < -0.4 is 10.6 Å². The summed E-state index contributed by atoms with van der Waals surface area (Å²) < 4.78 is 130. The van der Waals surface area contributed by atoms with Gasteiger partial charge in [-0.1, -0.05) is 47.7 Å². The molecule has 0 saturated heterocycles. The van der Waals surface area contributed by atoms with Crippen LogP contribution in [0.25, 0.3) is 11.1 Å². The Hall–Kier alpha value is -6.87. The van der Waals surface area contributed by atoms with E-state index in [1.807, 2.05) is 0 Å². The van der Waals surface area contributed by atoms with Crippen LogP contribution in [0, 0.1) is 18.3 Å². The maximum Gasteiger partial charge on any atom is 0.341 e. The molecule has 4 aromatic carbocycles. The molecule has 0 atom stereocenters. The molecule has 0 fully saturated rings. The van der Waals surface area contributed by atoms with Crippen LogP contribution >= 0.6 is 11.3 Å². The number of ether oxygens (including phenoxy) is 1. The zero-order valence-electron chi connectivity index (χ0n) is 35.7. The first-order chi connectivity index (χ1) is 32.0. The van der Waals surface area contributed by atoms with Gasteiger partial charge in [0.15, 0.2) is 16.6 Å². The van der Waals surface area contributed by atoms with Gasteiger partial charge in [0, 0.05) is 22.5 Å². The fraction of sp³-hybridized carbons (Fsp3) is 0.146. The van der Waals surface area contributed by atoms with E-state index in [1.165, 1.54) is 67.6 Å². The average Bonchev–Trinajstić information content (AvgIpc) is 3.65. The van der Waals surface area contributed by atoms with E-state index in [9.17, 15) is 52.8 Å². The lowest BCUT2D eigenvalue weighted by atomic mass is 10.0. The second kappa shape index (κ2) is 20.6. The molecule has 0 unspecified atom stereocenters. The number of hydrogen-bond donors (Lipinski definition) is 4. The number of nitrogens with one attached hydrogen (secondary N) is 2. The highest BCUT2D eigenvalue weighted by Crippen LogP contribution is 2.49. The molecule has 0 radical (unpaired) electrons. The minimum atomic E-state index is -4.60. The van der Waals surface area contributed by atoms with Gasteiger partial charge in [0.2, 0.25) is 0 Å². The van der Waals surface area contributed by atoms with Gasteiger partial charge < -0.3 is 15.4 Å². The molecule has 6 aromatic rings.